The average Bonchev–Trinajstić information content (AvgIpc) is 3.11. The minimum atomic E-state index is -4.44. The lowest BCUT2D eigenvalue weighted by atomic mass is 9.96. The van der Waals surface area contributed by atoms with Gasteiger partial charge in [-0.25, -0.2) is 4.98 Å². The normalized spacial score (nSPS) is 22.9. The Labute approximate surface area is 167 Å². The minimum Gasteiger partial charge on any atom is -0.349 e. The number of benzene rings is 1. The van der Waals surface area contributed by atoms with Gasteiger partial charge in [0.25, 0.3) is 5.91 Å². The van der Waals surface area contributed by atoms with E-state index in [1.54, 1.807) is 4.90 Å². The van der Waals surface area contributed by atoms with Crippen molar-refractivity contribution < 1.29 is 18.0 Å². The molecule has 4 rings (SSSR count). The van der Waals surface area contributed by atoms with Crippen LogP contribution >= 0.6 is 0 Å². The van der Waals surface area contributed by atoms with E-state index in [4.69, 9.17) is 0 Å². The Morgan fingerprint density at radius 3 is 2.41 bits per heavy atom. The number of carbonyl (C=O) groups excluding carboxylic acids is 1. The van der Waals surface area contributed by atoms with E-state index >= 15 is 0 Å². The smallest absolute Gasteiger partial charge is 0.349 e. The molecule has 9 heteroatoms. The van der Waals surface area contributed by atoms with Crippen molar-refractivity contribution >= 4 is 11.9 Å². The maximum Gasteiger partial charge on any atom is 0.409 e. The van der Waals surface area contributed by atoms with E-state index in [0.29, 0.717) is 13.1 Å². The number of amides is 1. The first kappa shape index (κ1) is 19.8. The topological polar surface area (TPSA) is 53.4 Å². The van der Waals surface area contributed by atoms with Gasteiger partial charge in [0.1, 0.15) is 11.7 Å². The zero-order valence-corrected chi connectivity index (χ0v) is 16.4. The van der Waals surface area contributed by atoms with Crippen LogP contribution in [0.25, 0.3) is 0 Å². The van der Waals surface area contributed by atoms with Gasteiger partial charge in [-0.15, -0.1) is 0 Å². The Morgan fingerprint density at radius 1 is 1.14 bits per heavy atom. The van der Waals surface area contributed by atoms with Gasteiger partial charge < -0.3 is 19.7 Å². The predicted molar refractivity (Wildman–Crippen MR) is 103 cm³/mol. The zero-order valence-electron chi connectivity index (χ0n) is 16.4. The van der Waals surface area contributed by atoms with Crippen LogP contribution in [0, 0.1) is 6.92 Å². The largest absolute Gasteiger partial charge is 0.409 e. The molecule has 2 aliphatic rings. The van der Waals surface area contributed by atoms with Crippen molar-refractivity contribution in [1.82, 2.24) is 19.4 Å². The molecule has 0 radical (unpaired) electrons. The SMILES string of the molecule is Cc1ccc(C2CC(C(F)(F)F)n3cc(C(=O)N4CCN(C)CC4)nc3N2)cc1. The van der Waals surface area contributed by atoms with Crippen molar-refractivity contribution in [2.75, 3.05) is 38.5 Å². The van der Waals surface area contributed by atoms with Crippen LogP contribution in [-0.4, -0.2) is 64.7 Å². The second kappa shape index (κ2) is 7.37. The predicted octanol–water partition coefficient (Wildman–Crippen LogP) is 3.24. The molecule has 1 saturated heterocycles. The lowest BCUT2D eigenvalue weighted by Crippen LogP contribution is -2.47. The standard InChI is InChI=1S/C20H24F3N5O/c1-13-3-5-14(6-4-13)15-11-17(20(21,22)23)28-12-16(25-19(28)24-15)18(29)27-9-7-26(2)8-10-27/h3-6,12,15,17H,7-11H2,1-2H3,(H,24,25). The Hall–Kier alpha value is -2.55. The Bertz CT molecular complexity index is 885. The number of halogens is 3. The van der Waals surface area contributed by atoms with Crippen molar-refractivity contribution in [3.8, 4) is 0 Å². The summed E-state index contributed by atoms with van der Waals surface area (Å²) in [5, 5.41) is 3.09. The van der Waals surface area contributed by atoms with Crippen LogP contribution in [-0.2, 0) is 0 Å². The summed E-state index contributed by atoms with van der Waals surface area (Å²) in [7, 11) is 1.97. The van der Waals surface area contributed by atoms with E-state index in [1.165, 1.54) is 6.20 Å². The number of aryl methyl sites for hydroxylation is 1. The molecule has 2 atom stereocenters. The molecule has 0 bridgehead atoms. The molecule has 2 unspecified atom stereocenters. The van der Waals surface area contributed by atoms with Crippen molar-refractivity contribution in [1.29, 1.82) is 0 Å². The van der Waals surface area contributed by atoms with Crippen molar-refractivity contribution in [2.24, 2.45) is 0 Å². The fourth-order valence-corrected chi connectivity index (χ4v) is 3.87. The molecule has 1 N–H and O–H groups in total. The number of rotatable bonds is 2. The second-order valence-electron chi connectivity index (χ2n) is 7.85. The van der Waals surface area contributed by atoms with Crippen LogP contribution in [0.4, 0.5) is 19.1 Å². The van der Waals surface area contributed by atoms with Crippen molar-refractivity contribution in [2.45, 2.75) is 31.6 Å². The number of aromatic nitrogens is 2. The second-order valence-corrected chi connectivity index (χ2v) is 7.85. The van der Waals surface area contributed by atoms with E-state index in [1.807, 2.05) is 38.2 Å². The molecule has 3 heterocycles. The van der Waals surface area contributed by atoms with E-state index in [-0.39, 0.29) is 24.0 Å². The lowest BCUT2D eigenvalue weighted by molar-refractivity contribution is -0.171. The maximum absolute atomic E-state index is 13.8. The minimum absolute atomic E-state index is 0.0517. The highest BCUT2D eigenvalue weighted by Gasteiger charge is 2.46. The van der Waals surface area contributed by atoms with Crippen LogP contribution in [0.2, 0.25) is 0 Å². The van der Waals surface area contributed by atoms with Crippen molar-refractivity contribution in [3.63, 3.8) is 0 Å². The number of hydrogen-bond acceptors (Lipinski definition) is 4. The number of anilines is 1. The van der Waals surface area contributed by atoms with Crippen LogP contribution in [0.1, 0.15) is 40.1 Å². The molecule has 156 valence electrons. The quantitative estimate of drug-likeness (QED) is 0.831. The first-order valence-corrected chi connectivity index (χ1v) is 9.69. The molecule has 0 spiro atoms. The summed E-state index contributed by atoms with van der Waals surface area (Å²) < 4.78 is 42.5. The van der Waals surface area contributed by atoms with E-state index in [2.05, 4.69) is 15.2 Å². The summed E-state index contributed by atoms with van der Waals surface area (Å²) in [5.74, 6) is -0.240. The molecule has 1 aromatic carbocycles. The number of nitrogens with zero attached hydrogens (tertiary/aromatic N) is 4. The number of piperazine rings is 1. The highest BCUT2D eigenvalue weighted by Crippen LogP contribution is 2.43. The fourth-order valence-electron chi connectivity index (χ4n) is 3.87. The van der Waals surface area contributed by atoms with Gasteiger partial charge in [-0.1, -0.05) is 29.8 Å². The number of likely N-dealkylation sites (N-methyl/N-ethyl adjacent to an activating group) is 1. The summed E-state index contributed by atoms with van der Waals surface area (Å²) in [5.41, 5.74) is 1.86. The number of fused-ring (bicyclic) bond motifs is 1. The molecule has 1 aromatic heterocycles. The third-order valence-electron chi connectivity index (χ3n) is 5.70. The Balaban J connectivity index is 1.63. The molecule has 1 amide bonds. The van der Waals surface area contributed by atoms with Gasteiger partial charge in [-0.3, -0.25) is 4.79 Å². The van der Waals surface area contributed by atoms with E-state index in [9.17, 15) is 18.0 Å². The molecular formula is C20H24F3N5O. The highest BCUT2D eigenvalue weighted by molar-refractivity contribution is 5.92. The Morgan fingerprint density at radius 2 is 1.79 bits per heavy atom. The number of hydrogen-bond donors (Lipinski definition) is 1. The fraction of sp³-hybridized carbons (Fsp3) is 0.500. The van der Waals surface area contributed by atoms with Gasteiger partial charge >= 0.3 is 6.18 Å². The van der Waals surface area contributed by atoms with Gasteiger partial charge in [-0.2, -0.15) is 13.2 Å². The molecule has 0 saturated carbocycles. The van der Waals surface area contributed by atoms with Crippen molar-refractivity contribution in [3.05, 3.63) is 47.3 Å². The van der Waals surface area contributed by atoms with Crippen LogP contribution < -0.4 is 5.32 Å². The van der Waals surface area contributed by atoms with Gasteiger partial charge in [-0.05, 0) is 19.5 Å². The molecule has 6 nitrogen and oxygen atoms in total. The number of nitrogens with one attached hydrogen (secondary N) is 1. The van der Waals surface area contributed by atoms with Gasteiger partial charge in [0.15, 0.2) is 0 Å². The van der Waals surface area contributed by atoms with Gasteiger partial charge in [0, 0.05) is 38.8 Å². The third-order valence-corrected chi connectivity index (χ3v) is 5.70. The van der Waals surface area contributed by atoms with E-state index < -0.39 is 18.3 Å². The molecule has 2 aliphatic heterocycles. The number of imidazole rings is 1. The summed E-state index contributed by atoms with van der Waals surface area (Å²) in [6, 6.07) is 5.16. The highest BCUT2D eigenvalue weighted by atomic mass is 19.4. The molecule has 29 heavy (non-hydrogen) atoms. The first-order valence-electron chi connectivity index (χ1n) is 9.69. The summed E-state index contributed by atoms with van der Waals surface area (Å²) in [4.78, 5) is 20.8. The summed E-state index contributed by atoms with van der Waals surface area (Å²) >= 11 is 0. The van der Waals surface area contributed by atoms with Crippen LogP contribution in [0.15, 0.2) is 30.5 Å². The summed E-state index contributed by atoms with van der Waals surface area (Å²) in [6.45, 7) is 4.48. The van der Waals surface area contributed by atoms with E-state index in [0.717, 1.165) is 28.8 Å². The monoisotopic (exact) mass is 407 g/mol. The van der Waals surface area contributed by atoms with Crippen LogP contribution in [0.3, 0.4) is 0 Å². The molecule has 0 aliphatic carbocycles. The first-order chi connectivity index (χ1) is 13.7. The zero-order chi connectivity index (χ0) is 20.8. The van der Waals surface area contributed by atoms with Gasteiger partial charge in [0.2, 0.25) is 5.95 Å². The number of carbonyl (C=O) groups is 1. The average molecular weight is 407 g/mol. The molecular weight excluding hydrogens is 383 g/mol. The van der Waals surface area contributed by atoms with Crippen LogP contribution in [0.5, 0.6) is 0 Å². The summed E-state index contributed by atoms with van der Waals surface area (Å²) in [6.07, 6.45) is -3.35. The third kappa shape index (κ3) is 3.96. The van der Waals surface area contributed by atoms with Gasteiger partial charge in [0.05, 0.1) is 6.04 Å². The number of alkyl halides is 3. The lowest BCUT2D eigenvalue weighted by Gasteiger charge is -2.33. The molecule has 2 aromatic rings. The maximum atomic E-state index is 13.8. The Kier molecular flexibility index (Phi) is 5.02. The molecule has 1 fully saturated rings.